The summed E-state index contributed by atoms with van der Waals surface area (Å²) in [6.07, 6.45) is 3.13. The average molecular weight is 351 g/mol. The van der Waals surface area contributed by atoms with Crippen LogP contribution >= 0.6 is 0 Å². The number of fused-ring (bicyclic) bond motifs is 2. The maximum Gasteiger partial charge on any atom is 0.198 e. The predicted octanol–water partition coefficient (Wildman–Crippen LogP) is 0.970. The van der Waals surface area contributed by atoms with Crippen molar-refractivity contribution < 1.29 is 4.79 Å². The van der Waals surface area contributed by atoms with E-state index >= 15 is 0 Å². The molecule has 26 heavy (non-hydrogen) atoms. The van der Waals surface area contributed by atoms with Crippen molar-refractivity contribution in [3.8, 4) is 11.3 Å². The van der Waals surface area contributed by atoms with Gasteiger partial charge in [0.05, 0.1) is 35.6 Å². The number of benzene rings is 1. The van der Waals surface area contributed by atoms with Gasteiger partial charge >= 0.3 is 0 Å². The van der Waals surface area contributed by atoms with E-state index in [0.717, 1.165) is 40.9 Å². The number of aromatic nitrogens is 4. The van der Waals surface area contributed by atoms with Crippen LogP contribution in [-0.2, 0) is 6.54 Å². The Bertz CT molecular complexity index is 993. The number of nitrogens with two attached hydrogens (primary N) is 1. The Morgan fingerprint density at radius 1 is 1.19 bits per heavy atom. The number of carbonyl (C=O) groups excluding carboxylic acids is 1. The zero-order valence-electron chi connectivity index (χ0n) is 14.9. The van der Waals surface area contributed by atoms with Crippen molar-refractivity contribution in [3.63, 3.8) is 0 Å². The van der Waals surface area contributed by atoms with Gasteiger partial charge in [0.25, 0.3) is 0 Å². The first-order chi connectivity index (χ1) is 12.6. The van der Waals surface area contributed by atoms with Crippen LogP contribution in [-0.4, -0.2) is 64.4 Å². The lowest BCUT2D eigenvalue weighted by Gasteiger charge is -2.18. The standard InChI is InChI=1S/C18H21N7O/c1-24(2)8-6-20-13-3-4-14-16-15(13)18(26)12-10-22-21-9-11(12)17(16)23-25(14)7-5-19/h3-4,9-10,20H,5-8,19H2,1-2H3. The Balaban J connectivity index is 1.92. The van der Waals surface area contributed by atoms with Crippen LogP contribution < -0.4 is 11.1 Å². The third-order valence-electron chi connectivity index (χ3n) is 4.59. The molecular weight excluding hydrogens is 330 g/mol. The van der Waals surface area contributed by atoms with E-state index in [4.69, 9.17) is 10.8 Å². The Morgan fingerprint density at radius 2 is 1.96 bits per heavy atom. The van der Waals surface area contributed by atoms with Gasteiger partial charge in [0.15, 0.2) is 5.78 Å². The summed E-state index contributed by atoms with van der Waals surface area (Å²) < 4.78 is 1.86. The summed E-state index contributed by atoms with van der Waals surface area (Å²) in [6, 6.07) is 3.94. The Labute approximate surface area is 151 Å². The molecule has 0 aliphatic heterocycles. The van der Waals surface area contributed by atoms with E-state index < -0.39 is 0 Å². The molecule has 1 aliphatic rings. The smallest absolute Gasteiger partial charge is 0.198 e. The summed E-state index contributed by atoms with van der Waals surface area (Å²) >= 11 is 0. The van der Waals surface area contributed by atoms with Gasteiger partial charge in [-0.15, -0.1) is 0 Å². The van der Waals surface area contributed by atoms with Crippen LogP contribution in [0.4, 0.5) is 5.69 Å². The third kappa shape index (κ3) is 2.54. The molecule has 134 valence electrons. The monoisotopic (exact) mass is 351 g/mol. The van der Waals surface area contributed by atoms with Gasteiger partial charge in [-0.25, -0.2) is 0 Å². The molecule has 2 aromatic heterocycles. The topological polar surface area (TPSA) is 102 Å². The summed E-state index contributed by atoms with van der Waals surface area (Å²) in [5.74, 6) is -0.0485. The normalized spacial score (nSPS) is 12.7. The highest BCUT2D eigenvalue weighted by molar-refractivity contribution is 6.27. The Kier molecular flexibility index (Phi) is 4.14. The van der Waals surface area contributed by atoms with Crippen LogP contribution in [0, 0.1) is 0 Å². The molecule has 1 aromatic carbocycles. The first-order valence-electron chi connectivity index (χ1n) is 8.59. The van der Waals surface area contributed by atoms with Gasteiger partial charge in [-0.2, -0.15) is 15.3 Å². The number of nitrogens with one attached hydrogen (secondary N) is 1. The molecule has 8 nitrogen and oxygen atoms in total. The quantitative estimate of drug-likeness (QED) is 0.534. The number of ketones is 1. The average Bonchev–Trinajstić information content (AvgIpc) is 2.99. The van der Waals surface area contributed by atoms with Crippen LogP contribution in [0.2, 0.25) is 0 Å². The molecule has 3 N–H and O–H groups in total. The van der Waals surface area contributed by atoms with Gasteiger partial charge in [-0.05, 0) is 26.2 Å². The molecule has 0 fully saturated rings. The van der Waals surface area contributed by atoms with E-state index in [-0.39, 0.29) is 5.78 Å². The van der Waals surface area contributed by atoms with Crippen LogP contribution in [0.3, 0.4) is 0 Å². The zero-order chi connectivity index (χ0) is 18.3. The number of hydrogen-bond donors (Lipinski definition) is 2. The summed E-state index contributed by atoms with van der Waals surface area (Å²) in [5.41, 5.74) is 10.1. The maximum atomic E-state index is 13.2. The fraction of sp³-hybridized carbons (Fsp3) is 0.333. The van der Waals surface area contributed by atoms with Crippen molar-refractivity contribution in [1.82, 2.24) is 24.9 Å². The molecule has 0 saturated carbocycles. The summed E-state index contributed by atoms with van der Waals surface area (Å²) in [6.45, 7) is 2.68. The number of anilines is 1. The van der Waals surface area contributed by atoms with E-state index in [2.05, 4.69) is 20.4 Å². The molecule has 3 aromatic rings. The lowest BCUT2D eigenvalue weighted by atomic mass is 9.88. The number of rotatable bonds is 6. The molecule has 2 heterocycles. The van der Waals surface area contributed by atoms with Crippen LogP contribution in [0.25, 0.3) is 22.2 Å². The lowest BCUT2D eigenvalue weighted by Crippen LogP contribution is -2.22. The second kappa shape index (κ2) is 6.47. The Morgan fingerprint density at radius 3 is 2.69 bits per heavy atom. The number of likely N-dealkylation sites (N-methyl/N-ethyl adjacent to an activating group) is 1. The second-order valence-electron chi connectivity index (χ2n) is 6.62. The molecule has 0 radical (unpaired) electrons. The largest absolute Gasteiger partial charge is 0.383 e. The third-order valence-corrected chi connectivity index (χ3v) is 4.59. The minimum absolute atomic E-state index is 0.0485. The molecule has 0 saturated heterocycles. The minimum Gasteiger partial charge on any atom is -0.383 e. The highest BCUT2D eigenvalue weighted by Gasteiger charge is 2.31. The molecule has 8 heteroatoms. The van der Waals surface area contributed by atoms with Crippen LogP contribution in [0.1, 0.15) is 15.9 Å². The fourth-order valence-corrected chi connectivity index (χ4v) is 3.38. The van der Waals surface area contributed by atoms with Gasteiger partial charge in [-0.1, -0.05) is 0 Å². The van der Waals surface area contributed by atoms with E-state index in [0.29, 0.717) is 24.2 Å². The van der Waals surface area contributed by atoms with E-state index in [1.54, 1.807) is 6.20 Å². The first kappa shape index (κ1) is 16.6. The van der Waals surface area contributed by atoms with Gasteiger partial charge in [0, 0.05) is 36.3 Å². The first-order valence-corrected chi connectivity index (χ1v) is 8.59. The van der Waals surface area contributed by atoms with Crippen LogP contribution in [0.15, 0.2) is 24.5 Å². The van der Waals surface area contributed by atoms with Crippen molar-refractivity contribution in [2.24, 2.45) is 5.73 Å². The number of nitrogens with zero attached hydrogens (tertiary/aromatic N) is 5. The van der Waals surface area contributed by atoms with E-state index in [1.807, 2.05) is 30.9 Å². The number of carbonyl (C=O) groups is 1. The second-order valence-corrected chi connectivity index (χ2v) is 6.62. The summed E-state index contributed by atoms with van der Waals surface area (Å²) in [5, 5.41) is 16.8. The van der Waals surface area contributed by atoms with Crippen molar-refractivity contribution in [3.05, 3.63) is 35.7 Å². The predicted molar refractivity (Wildman–Crippen MR) is 100 cm³/mol. The fourth-order valence-electron chi connectivity index (χ4n) is 3.38. The van der Waals surface area contributed by atoms with Gasteiger partial charge < -0.3 is 16.0 Å². The van der Waals surface area contributed by atoms with E-state index in [9.17, 15) is 4.79 Å². The van der Waals surface area contributed by atoms with Gasteiger partial charge in [0.1, 0.15) is 5.69 Å². The molecule has 0 bridgehead atoms. The molecule has 4 rings (SSSR count). The minimum atomic E-state index is -0.0485. The van der Waals surface area contributed by atoms with Gasteiger partial charge in [0.2, 0.25) is 0 Å². The molecule has 0 unspecified atom stereocenters. The highest BCUT2D eigenvalue weighted by atomic mass is 16.1. The zero-order valence-corrected chi connectivity index (χ0v) is 14.9. The molecular formula is C18H21N7O. The van der Waals surface area contributed by atoms with Crippen LogP contribution in [0.5, 0.6) is 0 Å². The molecule has 0 amide bonds. The molecule has 1 aliphatic carbocycles. The van der Waals surface area contributed by atoms with Crippen molar-refractivity contribution >= 4 is 22.4 Å². The number of hydrogen-bond acceptors (Lipinski definition) is 7. The van der Waals surface area contributed by atoms with Crippen molar-refractivity contribution in [1.29, 1.82) is 0 Å². The molecule has 0 atom stereocenters. The Hall–Kier alpha value is -2.84. The van der Waals surface area contributed by atoms with E-state index in [1.165, 1.54) is 6.20 Å². The van der Waals surface area contributed by atoms with Gasteiger partial charge in [-0.3, -0.25) is 9.48 Å². The molecule has 0 spiro atoms. The van der Waals surface area contributed by atoms with Crippen molar-refractivity contribution in [2.45, 2.75) is 6.54 Å². The SMILES string of the molecule is CN(C)CCNc1ccc2c3c(nn2CCN)-c2cnncc2C(=O)c13. The summed E-state index contributed by atoms with van der Waals surface area (Å²) in [4.78, 5) is 15.3. The van der Waals surface area contributed by atoms with Crippen molar-refractivity contribution in [2.75, 3.05) is 39.0 Å². The highest BCUT2D eigenvalue weighted by Crippen LogP contribution is 2.41. The lowest BCUT2D eigenvalue weighted by molar-refractivity contribution is 0.104. The maximum absolute atomic E-state index is 13.2. The summed E-state index contributed by atoms with van der Waals surface area (Å²) in [7, 11) is 4.04.